The van der Waals surface area contributed by atoms with Crippen LogP contribution in [0.5, 0.6) is 0 Å². The van der Waals surface area contributed by atoms with E-state index < -0.39 is 0 Å². The van der Waals surface area contributed by atoms with Gasteiger partial charge in [-0.15, -0.1) is 35.4 Å². The minimum atomic E-state index is 0. The first-order valence-electron chi connectivity index (χ1n) is 14.2. The fourth-order valence-electron chi connectivity index (χ4n) is 4.99. The number of hydrogen-bond acceptors (Lipinski definition) is 2. The number of benzene rings is 4. The molecule has 2 aromatic heterocycles. The Balaban J connectivity index is 0.000000189. The SMILES string of the molecule is CCCC[N+]1=C=[N+](c2[c-]c3oc4ccccc4c3cc2)c2ccccc21.Cc1c[c-]c(-c2cc(C)c(C)cn2)cc1.[Ir]. The maximum atomic E-state index is 6.01. The average molecular weight is 728 g/mol. The predicted molar refractivity (Wildman–Crippen MR) is 168 cm³/mol. The van der Waals surface area contributed by atoms with E-state index >= 15 is 0 Å². The normalized spacial score (nSPS) is 11.8. The van der Waals surface area contributed by atoms with Gasteiger partial charge in [0.05, 0.1) is 0 Å². The molecule has 42 heavy (non-hydrogen) atoms. The Morgan fingerprint density at radius 3 is 2.40 bits per heavy atom. The Morgan fingerprint density at radius 1 is 0.857 bits per heavy atom. The molecule has 0 saturated carbocycles. The Kier molecular flexibility index (Phi) is 8.94. The number of furan rings is 1. The topological polar surface area (TPSA) is 32.0 Å². The smallest absolute Gasteiger partial charge is 0.483 e. The quantitative estimate of drug-likeness (QED) is 0.131. The monoisotopic (exact) mass is 728 g/mol. The van der Waals surface area contributed by atoms with Gasteiger partial charge in [0, 0.05) is 50.4 Å². The van der Waals surface area contributed by atoms with Crippen molar-refractivity contribution >= 4 is 45.0 Å². The number of para-hydroxylation sites is 3. The van der Waals surface area contributed by atoms with Crippen LogP contribution < -0.4 is 4.58 Å². The molecule has 1 aliphatic heterocycles. The van der Waals surface area contributed by atoms with Crippen LogP contribution in [0.15, 0.2) is 95.5 Å². The molecular formula is C37H33IrN3O. The van der Waals surface area contributed by atoms with Crippen LogP contribution in [-0.4, -0.2) is 22.1 Å². The van der Waals surface area contributed by atoms with Gasteiger partial charge in [0.15, 0.2) is 6.54 Å². The van der Waals surface area contributed by atoms with Gasteiger partial charge in [-0.05, 0) is 36.6 Å². The molecule has 0 atom stereocenters. The molecule has 0 aliphatic carbocycles. The third-order valence-corrected chi connectivity index (χ3v) is 7.51. The minimum Gasteiger partial charge on any atom is -0.483 e. The van der Waals surface area contributed by atoms with E-state index in [4.69, 9.17) is 4.42 Å². The van der Waals surface area contributed by atoms with E-state index in [-0.39, 0.29) is 20.1 Å². The summed E-state index contributed by atoms with van der Waals surface area (Å²) in [6.45, 7) is 9.42. The summed E-state index contributed by atoms with van der Waals surface area (Å²) in [5, 5.41) is 2.23. The van der Waals surface area contributed by atoms with Crippen LogP contribution in [0.2, 0.25) is 0 Å². The van der Waals surface area contributed by atoms with E-state index in [1.54, 1.807) is 0 Å². The number of rotatable bonds is 5. The maximum absolute atomic E-state index is 6.01. The number of unbranched alkanes of at least 4 members (excludes halogenated alkanes) is 1. The second-order valence-electron chi connectivity index (χ2n) is 10.5. The standard InChI is InChI=1S/C23H19N2O.C14H14N.Ir/c1-2-3-14-24-16-25(21-10-6-5-9-20(21)24)17-12-13-19-18-8-4-7-11-22(18)26-23(19)15-17;1-10-4-6-13(7-5-10)14-8-11(2)12(3)9-15-14;/h4-13H,2-3,14H2,1H3;4-6,8-9H,1-3H3;/q+1;-1;. The zero-order valence-corrected chi connectivity index (χ0v) is 26.8. The Morgan fingerprint density at radius 2 is 1.64 bits per heavy atom. The van der Waals surface area contributed by atoms with Gasteiger partial charge in [-0.3, -0.25) is 0 Å². The molecule has 0 N–H and O–H groups in total. The molecule has 211 valence electrons. The molecule has 3 heterocycles. The summed E-state index contributed by atoms with van der Waals surface area (Å²) >= 11 is 0. The van der Waals surface area contributed by atoms with Gasteiger partial charge in [0.1, 0.15) is 11.3 Å². The summed E-state index contributed by atoms with van der Waals surface area (Å²) in [5.41, 5.74) is 10.7. The van der Waals surface area contributed by atoms with E-state index in [0.29, 0.717) is 0 Å². The third-order valence-electron chi connectivity index (χ3n) is 7.51. The van der Waals surface area contributed by atoms with Crippen molar-refractivity contribution in [3.8, 4) is 11.3 Å². The number of nitrogens with zero attached hydrogens (tertiary/aromatic N) is 3. The molecule has 6 aromatic rings. The second-order valence-corrected chi connectivity index (χ2v) is 10.5. The molecule has 0 fully saturated rings. The number of aryl methyl sites for hydroxylation is 3. The Bertz CT molecular complexity index is 1950. The van der Waals surface area contributed by atoms with Crippen molar-refractivity contribution in [3.63, 3.8) is 0 Å². The Labute approximate surface area is 261 Å². The first-order chi connectivity index (χ1) is 20.0. The summed E-state index contributed by atoms with van der Waals surface area (Å²) in [6, 6.07) is 39.2. The van der Waals surface area contributed by atoms with E-state index in [1.807, 2.05) is 30.5 Å². The van der Waals surface area contributed by atoms with Gasteiger partial charge in [-0.2, -0.15) is 6.07 Å². The van der Waals surface area contributed by atoms with E-state index in [9.17, 15) is 0 Å². The first kappa shape index (κ1) is 29.4. The zero-order valence-electron chi connectivity index (χ0n) is 24.4. The van der Waals surface area contributed by atoms with Gasteiger partial charge in [0.25, 0.3) is 11.4 Å². The van der Waals surface area contributed by atoms with Crippen LogP contribution >= 0.6 is 0 Å². The summed E-state index contributed by atoms with van der Waals surface area (Å²) in [5.74, 6) is 0. The fourth-order valence-corrected chi connectivity index (χ4v) is 4.99. The minimum absolute atomic E-state index is 0. The maximum Gasteiger partial charge on any atom is 0.494 e. The van der Waals surface area contributed by atoms with Crippen molar-refractivity contribution in [2.45, 2.75) is 40.5 Å². The van der Waals surface area contributed by atoms with Crippen LogP contribution in [0.1, 0.15) is 36.5 Å². The molecule has 0 bridgehead atoms. The molecule has 0 unspecified atom stereocenters. The molecule has 1 aliphatic rings. The van der Waals surface area contributed by atoms with Crippen LogP contribution in [-0.2, 0) is 20.1 Å². The molecule has 4 aromatic carbocycles. The van der Waals surface area contributed by atoms with E-state index in [1.165, 1.54) is 22.4 Å². The molecular weight excluding hydrogens is 695 g/mol. The summed E-state index contributed by atoms with van der Waals surface area (Å²) in [4.78, 5) is 4.41. The van der Waals surface area contributed by atoms with E-state index in [0.717, 1.165) is 64.0 Å². The van der Waals surface area contributed by atoms with Crippen molar-refractivity contribution in [1.29, 1.82) is 0 Å². The molecule has 0 amide bonds. The van der Waals surface area contributed by atoms with Crippen LogP contribution in [0.25, 0.3) is 33.2 Å². The molecule has 1 radical (unpaired) electrons. The van der Waals surface area contributed by atoms with Crippen molar-refractivity contribution in [3.05, 3.63) is 120 Å². The number of aromatic nitrogens is 1. The Hall–Kier alpha value is -4.14. The second kappa shape index (κ2) is 12.8. The van der Waals surface area contributed by atoms with Crippen molar-refractivity contribution < 1.29 is 29.1 Å². The van der Waals surface area contributed by atoms with Crippen LogP contribution in [0, 0.1) is 32.9 Å². The average Bonchev–Trinajstić information content (AvgIpc) is 3.56. The number of fused-ring (bicyclic) bond motifs is 4. The summed E-state index contributed by atoms with van der Waals surface area (Å²) in [6.07, 6.45) is 4.22. The first-order valence-corrected chi connectivity index (χ1v) is 14.2. The molecule has 4 nitrogen and oxygen atoms in total. The number of hydrogen-bond donors (Lipinski definition) is 0. The van der Waals surface area contributed by atoms with Gasteiger partial charge >= 0.3 is 6.01 Å². The largest absolute Gasteiger partial charge is 0.494 e. The molecule has 0 spiro atoms. The van der Waals surface area contributed by atoms with E-state index in [2.05, 4.69) is 121 Å². The molecule has 7 rings (SSSR count). The van der Waals surface area contributed by atoms with Crippen LogP contribution in [0.3, 0.4) is 0 Å². The molecule has 5 heteroatoms. The van der Waals surface area contributed by atoms with Crippen molar-refractivity contribution in [2.75, 3.05) is 6.54 Å². The predicted octanol–water partition coefficient (Wildman–Crippen LogP) is 9.32. The number of pyridine rings is 1. The summed E-state index contributed by atoms with van der Waals surface area (Å²) < 4.78 is 10.3. The van der Waals surface area contributed by atoms with Crippen molar-refractivity contribution in [2.24, 2.45) is 0 Å². The molecule has 0 saturated heterocycles. The van der Waals surface area contributed by atoms with Gasteiger partial charge in [-0.1, -0.05) is 88.9 Å². The fraction of sp³-hybridized carbons (Fsp3) is 0.189. The summed E-state index contributed by atoms with van der Waals surface area (Å²) in [7, 11) is 0. The van der Waals surface area contributed by atoms with Gasteiger partial charge in [-0.25, -0.2) is 0 Å². The van der Waals surface area contributed by atoms with Gasteiger partial charge in [0.2, 0.25) is 0 Å². The van der Waals surface area contributed by atoms with Gasteiger partial charge < -0.3 is 9.40 Å². The third kappa shape index (κ3) is 5.91. The van der Waals surface area contributed by atoms with Crippen molar-refractivity contribution in [1.82, 2.24) is 9.56 Å². The zero-order chi connectivity index (χ0) is 28.3. The van der Waals surface area contributed by atoms with Crippen LogP contribution in [0.4, 0.5) is 17.1 Å².